The number of nitrogens with zero attached hydrogens (tertiary/aromatic N) is 2. The van der Waals surface area contributed by atoms with Crippen LogP contribution in [0.3, 0.4) is 0 Å². The Labute approximate surface area is 116 Å². The second-order valence-corrected chi connectivity index (χ2v) is 5.89. The van der Waals surface area contributed by atoms with Crippen LogP contribution in [0.1, 0.15) is 58.4 Å². The third kappa shape index (κ3) is 3.82. The van der Waals surface area contributed by atoms with Gasteiger partial charge < -0.3 is 10.6 Å². The fourth-order valence-electron chi connectivity index (χ4n) is 2.51. The van der Waals surface area contributed by atoms with Crippen LogP contribution in [-0.2, 0) is 0 Å². The van der Waals surface area contributed by atoms with E-state index >= 15 is 0 Å². The monoisotopic (exact) mass is 262 g/mol. The molecule has 0 aliphatic heterocycles. The van der Waals surface area contributed by atoms with E-state index in [2.05, 4.69) is 48.3 Å². The number of nitrogens with one attached hydrogen (secondary N) is 2. The number of anilines is 2. The second kappa shape index (κ2) is 6.22. The van der Waals surface area contributed by atoms with Gasteiger partial charge in [-0.05, 0) is 32.1 Å². The summed E-state index contributed by atoms with van der Waals surface area (Å²) in [7, 11) is 0. The Hall–Kier alpha value is -1.32. The number of hydrogen-bond acceptors (Lipinski definition) is 4. The standard InChI is InChI=1S/C15H26N4/c1-5-16-14-13(10(2)3)15(18-9-17-14)19-11(4)8-12-6-7-12/h9-12H,5-8H2,1-4H3,(H2,16,17,18,19). The summed E-state index contributed by atoms with van der Waals surface area (Å²) in [5.41, 5.74) is 1.20. The summed E-state index contributed by atoms with van der Waals surface area (Å²) in [4.78, 5) is 8.82. The normalized spacial score (nSPS) is 16.5. The Bertz CT molecular complexity index is 413. The minimum Gasteiger partial charge on any atom is -0.370 e. The smallest absolute Gasteiger partial charge is 0.135 e. The highest BCUT2D eigenvalue weighted by Gasteiger charge is 2.24. The van der Waals surface area contributed by atoms with Gasteiger partial charge in [-0.3, -0.25) is 0 Å². The summed E-state index contributed by atoms with van der Waals surface area (Å²) in [6.07, 6.45) is 5.69. The lowest BCUT2D eigenvalue weighted by molar-refractivity contribution is 0.638. The zero-order chi connectivity index (χ0) is 13.8. The van der Waals surface area contributed by atoms with Crippen molar-refractivity contribution >= 4 is 11.6 Å². The van der Waals surface area contributed by atoms with Crippen molar-refractivity contribution in [1.82, 2.24) is 9.97 Å². The van der Waals surface area contributed by atoms with Crippen LogP contribution in [-0.4, -0.2) is 22.6 Å². The van der Waals surface area contributed by atoms with Crippen molar-refractivity contribution in [2.24, 2.45) is 5.92 Å². The molecule has 106 valence electrons. The Morgan fingerprint density at radius 2 is 1.89 bits per heavy atom. The Morgan fingerprint density at radius 1 is 1.21 bits per heavy atom. The average molecular weight is 262 g/mol. The first-order valence-corrected chi connectivity index (χ1v) is 7.47. The van der Waals surface area contributed by atoms with Gasteiger partial charge in [0.15, 0.2) is 0 Å². The molecule has 0 radical (unpaired) electrons. The fraction of sp³-hybridized carbons (Fsp3) is 0.733. The molecule has 2 rings (SSSR count). The maximum absolute atomic E-state index is 4.45. The van der Waals surface area contributed by atoms with E-state index in [0.29, 0.717) is 12.0 Å². The van der Waals surface area contributed by atoms with Gasteiger partial charge in [-0.15, -0.1) is 0 Å². The van der Waals surface area contributed by atoms with Crippen LogP contribution in [0.5, 0.6) is 0 Å². The number of aromatic nitrogens is 2. The van der Waals surface area contributed by atoms with Crippen LogP contribution in [0, 0.1) is 5.92 Å². The third-order valence-corrected chi connectivity index (χ3v) is 3.57. The summed E-state index contributed by atoms with van der Waals surface area (Å²) < 4.78 is 0. The lowest BCUT2D eigenvalue weighted by atomic mass is 10.0. The molecular weight excluding hydrogens is 236 g/mol. The molecule has 1 fully saturated rings. The van der Waals surface area contributed by atoms with E-state index in [1.807, 2.05) is 0 Å². The van der Waals surface area contributed by atoms with Crippen molar-refractivity contribution in [3.63, 3.8) is 0 Å². The molecule has 0 amide bonds. The van der Waals surface area contributed by atoms with Gasteiger partial charge in [0, 0.05) is 18.2 Å². The van der Waals surface area contributed by atoms with E-state index in [9.17, 15) is 0 Å². The van der Waals surface area contributed by atoms with Gasteiger partial charge in [-0.2, -0.15) is 0 Å². The van der Waals surface area contributed by atoms with Crippen molar-refractivity contribution in [3.8, 4) is 0 Å². The molecule has 0 spiro atoms. The predicted molar refractivity (Wildman–Crippen MR) is 80.7 cm³/mol. The summed E-state index contributed by atoms with van der Waals surface area (Å²) in [5.74, 6) is 3.30. The van der Waals surface area contributed by atoms with Gasteiger partial charge in [0.1, 0.15) is 18.0 Å². The molecule has 0 bridgehead atoms. The van der Waals surface area contributed by atoms with E-state index in [-0.39, 0.29) is 0 Å². The maximum Gasteiger partial charge on any atom is 0.135 e. The molecule has 4 heteroatoms. The molecule has 2 N–H and O–H groups in total. The molecule has 1 aromatic heterocycles. The molecule has 1 aliphatic rings. The minimum atomic E-state index is 0.408. The lowest BCUT2D eigenvalue weighted by Crippen LogP contribution is -2.19. The quantitative estimate of drug-likeness (QED) is 0.788. The zero-order valence-electron chi connectivity index (χ0n) is 12.5. The first kappa shape index (κ1) is 14.1. The first-order valence-electron chi connectivity index (χ1n) is 7.47. The van der Waals surface area contributed by atoms with Gasteiger partial charge in [-0.1, -0.05) is 26.7 Å². The minimum absolute atomic E-state index is 0.408. The van der Waals surface area contributed by atoms with Crippen molar-refractivity contribution < 1.29 is 0 Å². The van der Waals surface area contributed by atoms with E-state index < -0.39 is 0 Å². The van der Waals surface area contributed by atoms with Gasteiger partial charge in [0.2, 0.25) is 0 Å². The molecule has 0 saturated heterocycles. The largest absolute Gasteiger partial charge is 0.370 e. The summed E-state index contributed by atoms with van der Waals surface area (Å²) in [6, 6.07) is 0.481. The van der Waals surface area contributed by atoms with Crippen LogP contribution < -0.4 is 10.6 Å². The highest BCUT2D eigenvalue weighted by molar-refractivity contribution is 5.59. The van der Waals surface area contributed by atoms with Crippen LogP contribution in [0.15, 0.2) is 6.33 Å². The molecule has 1 atom stereocenters. The molecule has 1 heterocycles. The Kier molecular flexibility index (Phi) is 4.61. The average Bonchev–Trinajstić information content (AvgIpc) is 3.13. The molecule has 1 saturated carbocycles. The van der Waals surface area contributed by atoms with Crippen molar-refractivity contribution in [3.05, 3.63) is 11.9 Å². The van der Waals surface area contributed by atoms with Gasteiger partial charge in [0.25, 0.3) is 0 Å². The molecule has 1 aliphatic carbocycles. The number of hydrogen-bond donors (Lipinski definition) is 2. The number of rotatable bonds is 7. The van der Waals surface area contributed by atoms with Gasteiger partial charge >= 0.3 is 0 Å². The van der Waals surface area contributed by atoms with E-state index in [1.165, 1.54) is 24.8 Å². The van der Waals surface area contributed by atoms with Gasteiger partial charge in [-0.25, -0.2) is 9.97 Å². The van der Waals surface area contributed by atoms with Crippen molar-refractivity contribution in [2.75, 3.05) is 17.2 Å². The lowest BCUT2D eigenvalue weighted by Gasteiger charge is -2.20. The van der Waals surface area contributed by atoms with Crippen molar-refractivity contribution in [2.45, 2.75) is 58.9 Å². The van der Waals surface area contributed by atoms with Crippen LogP contribution >= 0.6 is 0 Å². The molecule has 1 unspecified atom stereocenters. The summed E-state index contributed by atoms with van der Waals surface area (Å²) >= 11 is 0. The van der Waals surface area contributed by atoms with Crippen molar-refractivity contribution in [1.29, 1.82) is 0 Å². The van der Waals surface area contributed by atoms with E-state index in [0.717, 1.165) is 24.1 Å². The molecule has 19 heavy (non-hydrogen) atoms. The molecule has 1 aromatic rings. The van der Waals surface area contributed by atoms with Crippen LogP contribution in [0.4, 0.5) is 11.6 Å². The summed E-state index contributed by atoms with van der Waals surface area (Å²) in [5, 5.41) is 6.90. The molecule has 0 aromatic carbocycles. The highest BCUT2D eigenvalue weighted by Crippen LogP contribution is 2.35. The van der Waals surface area contributed by atoms with E-state index in [1.54, 1.807) is 6.33 Å². The van der Waals surface area contributed by atoms with Gasteiger partial charge in [0.05, 0.1) is 0 Å². The summed E-state index contributed by atoms with van der Waals surface area (Å²) in [6.45, 7) is 9.60. The maximum atomic E-state index is 4.45. The van der Waals surface area contributed by atoms with Crippen LogP contribution in [0.25, 0.3) is 0 Å². The third-order valence-electron chi connectivity index (χ3n) is 3.57. The molecular formula is C15H26N4. The zero-order valence-corrected chi connectivity index (χ0v) is 12.5. The van der Waals surface area contributed by atoms with Crippen LogP contribution in [0.2, 0.25) is 0 Å². The van der Waals surface area contributed by atoms with E-state index in [4.69, 9.17) is 0 Å². The SMILES string of the molecule is CCNc1ncnc(NC(C)CC2CC2)c1C(C)C. The fourth-order valence-corrected chi connectivity index (χ4v) is 2.51. The topological polar surface area (TPSA) is 49.8 Å². The second-order valence-electron chi connectivity index (χ2n) is 5.89. The highest BCUT2D eigenvalue weighted by atomic mass is 15.1. The first-order chi connectivity index (χ1) is 9.11. The molecule has 4 nitrogen and oxygen atoms in total. The predicted octanol–water partition coefficient (Wildman–Crippen LogP) is 3.63. The Balaban J connectivity index is 2.14. The Morgan fingerprint density at radius 3 is 2.47 bits per heavy atom.